The van der Waals surface area contributed by atoms with Gasteiger partial charge in [-0.2, -0.15) is 0 Å². The van der Waals surface area contributed by atoms with Gasteiger partial charge in [0.25, 0.3) is 0 Å². The second-order valence-electron chi connectivity index (χ2n) is 5.84. The molecule has 4 heteroatoms. The van der Waals surface area contributed by atoms with Gasteiger partial charge in [0, 0.05) is 5.92 Å². The van der Waals surface area contributed by atoms with Crippen LogP contribution in [0.15, 0.2) is 48.5 Å². The summed E-state index contributed by atoms with van der Waals surface area (Å²) in [7, 11) is 0. The molecule has 2 N–H and O–H groups in total. The average molecular weight is 312 g/mol. The van der Waals surface area contributed by atoms with Crippen LogP contribution >= 0.6 is 0 Å². The Hall–Kier alpha value is -2.62. The quantitative estimate of drug-likeness (QED) is 0.852. The number of benzene rings is 2. The summed E-state index contributed by atoms with van der Waals surface area (Å²) in [5.41, 5.74) is 3.42. The Morgan fingerprint density at radius 2 is 1.26 bits per heavy atom. The molecule has 0 aliphatic rings. The van der Waals surface area contributed by atoms with E-state index in [0.29, 0.717) is 5.56 Å². The highest BCUT2D eigenvalue weighted by Crippen LogP contribution is 2.36. The minimum atomic E-state index is -1.01. The lowest BCUT2D eigenvalue weighted by molar-refractivity contribution is -0.140. The van der Waals surface area contributed by atoms with E-state index >= 15 is 0 Å². The molecular formula is C19H20O4. The van der Waals surface area contributed by atoms with Crippen molar-refractivity contribution in [2.24, 2.45) is 0 Å². The van der Waals surface area contributed by atoms with Gasteiger partial charge in [-0.05, 0) is 25.0 Å². The van der Waals surface area contributed by atoms with Gasteiger partial charge in [0.15, 0.2) is 0 Å². The molecule has 0 bridgehead atoms. The fraction of sp³-hybridized carbons (Fsp3) is 0.263. The Morgan fingerprint density at radius 1 is 0.826 bits per heavy atom. The molecule has 0 spiro atoms. The van der Waals surface area contributed by atoms with Crippen molar-refractivity contribution >= 4 is 11.9 Å². The molecule has 0 aliphatic carbocycles. The van der Waals surface area contributed by atoms with Crippen LogP contribution in [0.4, 0.5) is 0 Å². The first-order valence-electron chi connectivity index (χ1n) is 7.46. The molecule has 2 unspecified atom stereocenters. The molecule has 0 fully saturated rings. The van der Waals surface area contributed by atoms with Gasteiger partial charge in [-0.3, -0.25) is 9.59 Å². The molecule has 2 rings (SSSR count). The van der Waals surface area contributed by atoms with Crippen molar-refractivity contribution < 1.29 is 19.8 Å². The van der Waals surface area contributed by atoms with Gasteiger partial charge < -0.3 is 10.2 Å². The smallest absolute Gasteiger partial charge is 0.311 e. The van der Waals surface area contributed by atoms with Crippen LogP contribution in [0.3, 0.4) is 0 Å². The van der Waals surface area contributed by atoms with Gasteiger partial charge in [-0.1, -0.05) is 59.7 Å². The van der Waals surface area contributed by atoms with Crippen molar-refractivity contribution in [3.63, 3.8) is 0 Å². The number of aryl methyl sites for hydroxylation is 2. The van der Waals surface area contributed by atoms with Crippen LogP contribution < -0.4 is 0 Å². The largest absolute Gasteiger partial charge is 0.481 e. The number of aliphatic carboxylic acids is 2. The van der Waals surface area contributed by atoms with Crippen LogP contribution in [0.25, 0.3) is 0 Å². The van der Waals surface area contributed by atoms with E-state index in [9.17, 15) is 19.8 Å². The predicted octanol–water partition coefficient (Wildman–Crippen LogP) is 3.73. The van der Waals surface area contributed by atoms with Crippen molar-refractivity contribution in [2.75, 3.05) is 0 Å². The zero-order valence-electron chi connectivity index (χ0n) is 13.2. The van der Waals surface area contributed by atoms with Gasteiger partial charge in [0.1, 0.15) is 0 Å². The molecule has 0 aromatic heterocycles. The molecule has 2 aromatic rings. The van der Waals surface area contributed by atoms with E-state index in [4.69, 9.17) is 0 Å². The zero-order valence-corrected chi connectivity index (χ0v) is 13.2. The van der Waals surface area contributed by atoms with Crippen LogP contribution in [0.2, 0.25) is 0 Å². The van der Waals surface area contributed by atoms with Crippen LogP contribution in [0.1, 0.15) is 40.5 Å². The summed E-state index contributed by atoms with van der Waals surface area (Å²) >= 11 is 0. The number of carboxylic acid groups (broad SMARTS) is 2. The zero-order chi connectivity index (χ0) is 17.0. The highest BCUT2D eigenvalue weighted by Gasteiger charge is 2.32. The summed E-state index contributed by atoms with van der Waals surface area (Å²) < 4.78 is 0. The van der Waals surface area contributed by atoms with Crippen molar-refractivity contribution in [1.82, 2.24) is 0 Å². The molecule has 0 heterocycles. The van der Waals surface area contributed by atoms with Gasteiger partial charge in [-0.15, -0.1) is 0 Å². The predicted molar refractivity (Wildman–Crippen MR) is 87.7 cm³/mol. The van der Waals surface area contributed by atoms with E-state index in [-0.39, 0.29) is 6.42 Å². The van der Waals surface area contributed by atoms with Gasteiger partial charge in [0.05, 0.1) is 12.3 Å². The molecule has 0 aliphatic heterocycles. The Balaban J connectivity index is 2.48. The highest BCUT2D eigenvalue weighted by molar-refractivity contribution is 5.79. The molecule has 2 atom stereocenters. The molecule has 0 radical (unpaired) electrons. The first-order chi connectivity index (χ1) is 10.9. The van der Waals surface area contributed by atoms with E-state index < -0.39 is 23.8 Å². The Morgan fingerprint density at radius 3 is 1.65 bits per heavy atom. The topological polar surface area (TPSA) is 74.6 Å². The van der Waals surface area contributed by atoms with Gasteiger partial charge in [0.2, 0.25) is 0 Å². The van der Waals surface area contributed by atoms with Crippen molar-refractivity contribution in [3.05, 3.63) is 70.8 Å². The third-order valence-corrected chi connectivity index (χ3v) is 4.00. The number of carbonyl (C=O) groups is 2. The lowest BCUT2D eigenvalue weighted by Gasteiger charge is -2.24. The first kappa shape index (κ1) is 16.7. The maximum absolute atomic E-state index is 11.9. The molecule has 120 valence electrons. The molecule has 0 saturated carbocycles. The first-order valence-corrected chi connectivity index (χ1v) is 7.46. The van der Waals surface area contributed by atoms with Crippen LogP contribution in [0.5, 0.6) is 0 Å². The van der Waals surface area contributed by atoms with Crippen LogP contribution in [-0.4, -0.2) is 22.2 Å². The Bertz CT molecular complexity index is 686. The van der Waals surface area contributed by atoms with Crippen molar-refractivity contribution in [1.29, 1.82) is 0 Å². The summed E-state index contributed by atoms with van der Waals surface area (Å²) in [6.07, 6.45) is -0.228. The normalized spacial score (nSPS) is 13.3. The molecule has 0 saturated heterocycles. The fourth-order valence-corrected chi connectivity index (χ4v) is 2.75. The summed E-state index contributed by atoms with van der Waals surface area (Å²) in [5.74, 6) is -3.53. The maximum Gasteiger partial charge on any atom is 0.311 e. The third kappa shape index (κ3) is 4.19. The van der Waals surface area contributed by atoms with E-state index in [0.717, 1.165) is 16.7 Å². The monoisotopic (exact) mass is 312 g/mol. The average Bonchev–Trinajstić information content (AvgIpc) is 2.48. The van der Waals surface area contributed by atoms with E-state index in [1.54, 1.807) is 12.1 Å². The van der Waals surface area contributed by atoms with E-state index in [2.05, 4.69) is 0 Å². The van der Waals surface area contributed by atoms with Crippen molar-refractivity contribution in [3.8, 4) is 0 Å². The van der Waals surface area contributed by atoms with Crippen LogP contribution in [0, 0.1) is 13.8 Å². The van der Waals surface area contributed by atoms with Crippen LogP contribution in [-0.2, 0) is 9.59 Å². The lowest BCUT2D eigenvalue weighted by Crippen LogP contribution is -2.22. The summed E-state index contributed by atoms with van der Waals surface area (Å²) in [5, 5.41) is 18.9. The second kappa shape index (κ2) is 7.09. The molecular weight excluding hydrogens is 292 g/mol. The fourth-order valence-electron chi connectivity index (χ4n) is 2.75. The number of rotatable bonds is 6. The minimum Gasteiger partial charge on any atom is -0.481 e. The number of hydrogen-bond acceptors (Lipinski definition) is 2. The van der Waals surface area contributed by atoms with E-state index in [1.807, 2.05) is 50.2 Å². The standard InChI is InChI=1S/C19H20O4/c1-12-3-7-14(8-4-12)16(11-17(20)21)18(19(22)23)15-9-5-13(2)6-10-15/h3-10,16,18H,11H2,1-2H3,(H,20,21)(H,22,23). The third-order valence-electron chi connectivity index (χ3n) is 4.00. The summed E-state index contributed by atoms with van der Waals surface area (Å²) in [4.78, 5) is 23.1. The molecule has 0 amide bonds. The lowest BCUT2D eigenvalue weighted by atomic mass is 9.79. The SMILES string of the molecule is Cc1ccc(C(CC(=O)O)C(C(=O)O)c2ccc(C)cc2)cc1. The maximum atomic E-state index is 11.9. The second-order valence-corrected chi connectivity index (χ2v) is 5.84. The number of hydrogen-bond donors (Lipinski definition) is 2. The number of carboxylic acids is 2. The Labute approximate surface area is 135 Å². The van der Waals surface area contributed by atoms with Crippen molar-refractivity contribution in [2.45, 2.75) is 32.1 Å². The molecule has 23 heavy (non-hydrogen) atoms. The summed E-state index contributed by atoms with van der Waals surface area (Å²) in [6.45, 7) is 3.86. The van der Waals surface area contributed by atoms with Gasteiger partial charge >= 0.3 is 11.9 Å². The van der Waals surface area contributed by atoms with E-state index in [1.165, 1.54) is 0 Å². The highest BCUT2D eigenvalue weighted by atomic mass is 16.4. The molecule has 2 aromatic carbocycles. The molecule has 4 nitrogen and oxygen atoms in total. The minimum absolute atomic E-state index is 0.228. The van der Waals surface area contributed by atoms with Gasteiger partial charge in [-0.25, -0.2) is 0 Å². The summed E-state index contributed by atoms with van der Waals surface area (Å²) in [6, 6.07) is 14.6. The Kier molecular flexibility index (Phi) is 5.16.